The van der Waals surface area contributed by atoms with Gasteiger partial charge in [0.1, 0.15) is 6.29 Å². The number of nitrogens with zero attached hydrogens (tertiary/aromatic N) is 1. The first-order chi connectivity index (χ1) is 6.65. The lowest BCUT2D eigenvalue weighted by molar-refractivity contribution is -0.104. The maximum absolute atomic E-state index is 10.7. The van der Waals surface area contributed by atoms with E-state index in [-0.39, 0.29) is 0 Å². The van der Waals surface area contributed by atoms with Crippen molar-refractivity contribution in [3.8, 4) is 0 Å². The fourth-order valence-electron chi connectivity index (χ4n) is 1.42. The molecule has 0 rings (SSSR count). The summed E-state index contributed by atoms with van der Waals surface area (Å²) in [5.74, 6) is 0. The molecule has 80 valence electrons. The molecule has 0 saturated heterocycles. The largest absolute Gasteiger partial charge is 0.302 e. The van der Waals surface area contributed by atoms with E-state index in [1.54, 1.807) is 0 Å². The van der Waals surface area contributed by atoms with Gasteiger partial charge in [0.15, 0.2) is 0 Å². The Morgan fingerprint density at radius 3 is 2.50 bits per heavy atom. The topological polar surface area (TPSA) is 20.3 Å². The molecule has 0 amide bonds. The zero-order valence-electron chi connectivity index (χ0n) is 9.71. The summed E-state index contributed by atoms with van der Waals surface area (Å²) in [7, 11) is 2.07. The van der Waals surface area contributed by atoms with Gasteiger partial charge < -0.3 is 4.90 Å². The van der Waals surface area contributed by atoms with Crippen LogP contribution in [0.5, 0.6) is 0 Å². The van der Waals surface area contributed by atoms with Gasteiger partial charge in [0.2, 0.25) is 0 Å². The van der Waals surface area contributed by atoms with Crippen LogP contribution in [-0.4, -0.2) is 31.3 Å². The fourth-order valence-corrected chi connectivity index (χ4v) is 1.42. The van der Waals surface area contributed by atoms with Crippen LogP contribution in [0.3, 0.4) is 0 Å². The minimum atomic E-state index is 0.801. The van der Waals surface area contributed by atoms with Crippen LogP contribution in [-0.2, 0) is 4.79 Å². The van der Waals surface area contributed by atoms with Gasteiger partial charge in [-0.05, 0) is 39.4 Å². The molecule has 0 spiro atoms. The zero-order valence-corrected chi connectivity index (χ0v) is 9.71. The Labute approximate surface area is 87.3 Å². The van der Waals surface area contributed by atoms with Gasteiger partial charge in [0.25, 0.3) is 0 Å². The van der Waals surface area contributed by atoms with E-state index in [0.717, 1.165) is 36.9 Å². The molecule has 2 heteroatoms. The van der Waals surface area contributed by atoms with Gasteiger partial charge in [-0.15, -0.1) is 0 Å². The standard InChI is InChI=1S/C12H21NO/c1-5-7-12(10-14)11(3)9-13(4)8-6-2/h5,7,10H,6,8-9H2,1-4H3/b7-5-,12-11-. The van der Waals surface area contributed by atoms with Gasteiger partial charge in [-0.1, -0.05) is 19.1 Å². The van der Waals surface area contributed by atoms with E-state index in [1.807, 2.05) is 26.0 Å². The van der Waals surface area contributed by atoms with Crippen molar-refractivity contribution in [1.82, 2.24) is 4.90 Å². The monoisotopic (exact) mass is 195 g/mol. The Morgan fingerprint density at radius 2 is 2.07 bits per heavy atom. The first kappa shape index (κ1) is 13.1. The summed E-state index contributed by atoms with van der Waals surface area (Å²) in [5.41, 5.74) is 1.93. The number of hydrogen-bond donors (Lipinski definition) is 0. The molecule has 0 N–H and O–H groups in total. The van der Waals surface area contributed by atoms with Crippen molar-refractivity contribution in [3.63, 3.8) is 0 Å². The smallest absolute Gasteiger partial charge is 0.150 e. The molecule has 14 heavy (non-hydrogen) atoms. The molecule has 0 aliphatic carbocycles. The predicted octanol–water partition coefficient (Wildman–Crippen LogP) is 2.42. The minimum Gasteiger partial charge on any atom is -0.302 e. The molecule has 0 aromatic heterocycles. The number of rotatable bonds is 6. The van der Waals surface area contributed by atoms with Crippen LogP contribution in [0, 0.1) is 0 Å². The fraction of sp³-hybridized carbons (Fsp3) is 0.583. The number of likely N-dealkylation sites (N-methyl/N-ethyl adjacent to an activating group) is 1. The van der Waals surface area contributed by atoms with E-state index in [2.05, 4.69) is 18.9 Å². The number of hydrogen-bond acceptors (Lipinski definition) is 2. The van der Waals surface area contributed by atoms with Gasteiger partial charge in [0, 0.05) is 12.1 Å². The molecule has 2 nitrogen and oxygen atoms in total. The summed E-state index contributed by atoms with van der Waals surface area (Å²) in [6, 6.07) is 0. The van der Waals surface area contributed by atoms with Crippen molar-refractivity contribution in [2.24, 2.45) is 0 Å². The third-order valence-electron chi connectivity index (χ3n) is 2.08. The Balaban J connectivity index is 4.39. The number of aldehydes is 1. The van der Waals surface area contributed by atoms with E-state index >= 15 is 0 Å². The number of allylic oxidation sites excluding steroid dienone is 3. The average Bonchev–Trinajstić information content (AvgIpc) is 2.14. The SMILES string of the molecule is C/C=C\C(C=O)=C(/C)CN(C)CCC. The number of carbonyl (C=O) groups excluding carboxylic acids is 1. The predicted molar refractivity (Wildman–Crippen MR) is 61.4 cm³/mol. The molecule has 0 aromatic rings. The Kier molecular flexibility index (Phi) is 7.03. The molecule has 0 aliphatic rings. The summed E-state index contributed by atoms with van der Waals surface area (Å²) in [6.07, 6.45) is 5.83. The van der Waals surface area contributed by atoms with Gasteiger partial charge in [-0.2, -0.15) is 0 Å². The van der Waals surface area contributed by atoms with Crippen LogP contribution < -0.4 is 0 Å². The second-order valence-corrected chi connectivity index (χ2v) is 3.59. The number of carbonyl (C=O) groups is 1. The molecule has 0 saturated carbocycles. The Hall–Kier alpha value is -0.890. The highest BCUT2D eigenvalue weighted by atomic mass is 16.1. The molecule has 0 fully saturated rings. The van der Waals surface area contributed by atoms with E-state index in [4.69, 9.17) is 0 Å². The molecule has 0 atom stereocenters. The second-order valence-electron chi connectivity index (χ2n) is 3.59. The normalized spacial score (nSPS) is 13.5. The van der Waals surface area contributed by atoms with Crippen molar-refractivity contribution in [2.75, 3.05) is 20.1 Å². The lowest BCUT2D eigenvalue weighted by Gasteiger charge is -2.16. The molecular weight excluding hydrogens is 174 g/mol. The average molecular weight is 195 g/mol. The van der Waals surface area contributed by atoms with Crippen LogP contribution in [0.15, 0.2) is 23.3 Å². The third kappa shape index (κ3) is 4.97. The van der Waals surface area contributed by atoms with Crippen LogP contribution in [0.1, 0.15) is 27.2 Å². The van der Waals surface area contributed by atoms with Crippen molar-refractivity contribution in [2.45, 2.75) is 27.2 Å². The Morgan fingerprint density at radius 1 is 1.43 bits per heavy atom. The van der Waals surface area contributed by atoms with Crippen molar-refractivity contribution < 1.29 is 4.79 Å². The zero-order chi connectivity index (χ0) is 11.0. The summed E-state index contributed by atoms with van der Waals surface area (Å²) in [4.78, 5) is 13.0. The molecule has 0 heterocycles. The lowest BCUT2D eigenvalue weighted by atomic mass is 10.1. The minimum absolute atomic E-state index is 0.801. The quantitative estimate of drug-likeness (QED) is 0.368. The maximum Gasteiger partial charge on any atom is 0.150 e. The molecule has 0 bridgehead atoms. The summed E-state index contributed by atoms with van der Waals surface area (Å²) in [5, 5.41) is 0. The van der Waals surface area contributed by atoms with E-state index < -0.39 is 0 Å². The third-order valence-corrected chi connectivity index (χ3v) is 2.08. The van der Waals surface area contributed by atoms with Crippen molar-refractivity contribution >= 4 is 6.29 Å². The van der Waals surface area contributed by atoms with Gasteiger partial charge in [0.05, 0.1) is 0 Å². The van der Waals surface area contributed by atoms with Crippen molar-refractivity contribution in [1.29, 1.82) is 0 Å². The molecule has 0 aromatic carbocycles. The van der Waals surface area contributed by atoms with Crippen LogP contribution in [0.4, 0.5) is 0 Å². The second kappa shape index (κ2) is 7.51. The lowest BCUT2D eigenvalue weighted by Crippen LogP contribution is -2.21. The molecule has 0 unspecified atom stereocenters. The molecule has 0 radical (unpaired) electrons. The molecular formula is C12H21NO. The maximum atomic E-state index is 10.7. The van der Waals surface area contributed by atoms with Crippen LogP contribution in [0.2, 0.25) is 0 Å². The van der Waals surface area contributed by atoms with Gasteiger partial charge in [-0.3, -0.25) is 4.79 Å². The van der Waals surface area contributed by atoms with E-state index in [1.165, 1.54) is 0 Å². The first-order valence-corrected chi connectivity index (χ1v) is 5.11. The highest BCUT2D eigenvalue weighted by Gasteiger charge is 2.01. The van der Waals surface area contributed by atoms with E-state index in [9.17, 15) is 4.79 Å². The highest BCUT2D eigenvalue weighted by molar-refractivity contribution is 5.78. The highest BCUT2D eigenvalue weighted by Crippen LogP contribution is 2.05. The Bertz CT molecular complexity index is 228. The van der Waals surface area contributed by atoms with Gasteiger partial charge >= 0.3 is 0 Å². The summed E-state index contributed by atoms with van der Waals surface area (Å²) >= 11 is 0. The first-order valence-electron chi connectivity index (χ1n) is 5.11. The summed E-state index contributed by atoms with van der Waals surface area (Å²) < 4.78 is 0. The summed E-state index contributed by atoms with van der Waals surface area (Å²) in [6.45, 7) is 8.02. The van der Waals surface area contributed by atoms with Crippen LogP contribution in [0.25, 0.3) is 0 Å². The van der Waals surface area contributed by atoms with Crippen molar-refractivity contribution in [3.05, 3.63) is 23.3 Å². The van der Waals surface area contributed by atoms with Crippen LogP contribution >= 0.6 is 0 Å². The van der Waals surface area contributed by atoms with E-state index in [0.29, 0.717) is 0 Å². The van der Waals surface area contributed by atoms with Gasteiger partial charge in [-0.25, -0.2) is 0 Å². The molecule has 0 aliphatic heterocycles.